The van der Waals surface area contributed by atoms with Crippen molar-refractivity contribution in [3.05, 3.63) is 343 Å². The molecule has 44 heteroatoms. The summed E-state index contributed by atoms with van der Waals surface area (Å²) < 4.78 is 22.7. The molecule has 0 fully saturated rings. The Hall–Kier alpha value is -17.3. The Labute approximate surface area is 868 Å². The van der Waals surface area contributed by atoms with Gasteiger partial charge >= 0.3 is 102 Å². The van der Waals surface area contributed by atoms with E-state index in [4.69, 9.17) is 88.8 Å². The van der Waals surface area contributed by atoms with Gasteiger partial charge in [0.25, 0.3) is 36.4 Å². The predicted octanol–water partition coefficient (Wildman–Crippen LogP) is 14.7. The summed E-state index contributed by atoms with van der Waals surface area (Å²) in [5.41, 5.74) is 7.13. The summed E-state index contributed by atoms with van der Waals surface area (Å²) in [7, 11) is 10.8. The summed E-state index contributed by atoms with van der Waals surface area (Å²) >= 11 is 0. The van der Waals surface area contributed by atoms with Crippen molar-refractivity contribution in [2.24, 2.45) is 0 Å². The molecule has 0 amide bonds. The molecule has 0 aliphatic heterocycles. The van der Waals surface area contributed by atoms with Crippen molar-refractivity contribution in [1.29, 1.82) is 31.6 Å². The van der Waals surface area contributed by atoms with Gasteiger partial charge < -0.3 is 96.1 Å². The Balaban J connectivity index is 0.000000209. The fourth-order valence-corrected chi connectivity index (χ4v) is 13.7. The van der Waals surface area contributed by atoms with E-state index in [-0.39, 0.29) is 153 Å². The molecular formula is C97H72N38O2Pt4. The van der Waals surface area contributed by atoms with Gasteiger partial charge in [-0.25, -0.2) is 31.6 Å². The van der Waals surface area contributed by atoms with Crippen molar-refractivity contribution in [3.63, 3.8) is 0 Å². The molecule has 0 N–H and O–H groups in total. The van der Waals surface area contributed by atoms with Gasteiger partial charge in [0.2, 0.25) is 0 Å². The van der Waals surface area contributed by atoms with E-state index in [1.807, 2.05) is 197 Å². The Morgan fingerprint density at radius 3 is 0.887 bits per heavy atom. The van der Waals surface area contributed by atoms with Crippen LogP contribution in [0.5, 0.6) is 11.5 Å². The SMILES string of the molecule is COc1cc(-n2[c-]ncc2)nc(C(C)(C)c2cc(OC)cc(-n3[c-]ncc3)n2)c1.[C-]#[N+]c1n[c-]n(-c2cc(C)cc(C(C)(C)c3cc(C)cc(-n4[c-]nc(C#N)c4C#N)n3)n2)c1[N+]#[C-].[C-]#[N+]c1n[c-]n(-c2cc(C)cc(C(C)(C)c3cccc(-n4[c-]nc(C#N)c4C#N)n3)n2)c1[N+]#[C-].[C-]#[N+]c1n[c-]n(-c2cc(N(C)C)cc(C(C)(C)c3cc(N(C)C)cc(-n4[c-]nc(C#N)c4C#N)n3)n2)c1[N+]#[C-].[Pt+2].[Pt+2].[Pt+2].[Pt+2]. The van der Waals surface area contributed by atoms with Gasteiger partial charge in [-0.1, -0.05) is 114 Å². The van der Waals surface area contributed by atoms with Gasteiger partial charge in [0.05, 0.1) is 96.8 Å². The van der Waals surface area contributed by atoms with Gasteiger partial charge in [-0.2, -0.15) is 0 Å². The number of anilines is 2. The first-order valence-electron chi connectivity index (χ1n) is 40.6. The Morgan fingerprint density at radius 1 is 0.319 bits per heavy atom. The van der Waals surface area contributed by atoms with Crippen LogP contribution < -0.4 is 19.3 Å². The molecule has 702 valence electrons. The number of rotatable bonds is 20. The fraction of sp³-hybridized carbons (Fsp3) is 0.216. The molecule has 0 radical (unpaired) electrons. The van der Waals surface area contributed by atoms with Crippen molar-refractivity contribution in [2.75, 3.05) is 52.2 Å². The van der Waals surface area contributed by atoms with E-state index in [0.29, 0.717) is 92.2 Å². The predicted molar refractivity (Wildman–Crippen MR) is 492 cm³/mol. The van der Waals surface area contributed by atoms with Crippen molar-refractivity contribution >= 4 is 46.3 Å². The van der Waals surface area contributed by atoms with Gasteiger partial charge in [-0.3, -0.25) is 53.6 Å². The first-order chi connectivity index (χ1) is 65.6. The number of aryl methyl sites for hydroxylation is 3. The zero-order valence-corrected chi connectivity index (χ0v) is 86.8. The molecule has 16 aromatic heterocycles. The van der Waals surface area contributed by atoms with E-state index in [9.17, 15) is 31.6 Å². The standard InChI is InChI=1S/C27H22N12.C25H16N10.C24H14N10.C21H20N6O2.4Pt/c1-27(2,21-9-17(36(5)6)11-23(34-21)38-15-32-19(13-28)20(38)14-29)22-10-18(37(7)8)12-24(35-22)39-16-33-25(30-3)26(39)31-4;1-15-7-19(32-21(9-15)34-13-30-17(11-26)18(34)12-27)25(3,4)20-8-16(2)10-22(33-20)35-14-31-23(28-5)24(35)29-6;1-15-9-19(32-21(10-15)34-14-30-22(27-4)23(34)28-5)24(2,3)18-7-6-8-20(31-18)33-13-29-16(11-25)17(33)12-26;1-21(2,17-9-15(28-3)11-19(24-17)26-7-5-22-13-26)18-10-16(29-4)12-20(25-18)27-8-6-23-14-27;;;;/h9-12H,1-2,5-8H3;7-10H,1-4H3;6-10H,1-3H3;5-12H,1-4H3;;;;/q4*-2;4*+2. The third-order valence-electron chi connectivity index (χ3n) is 21.6. The molecule has 0 saturated heterocycles. The summed E-state index contributed by atoms with van der Waals surface area (Å²) in [6, 6.07) is 43.0. The third-order valence-corrected chi connectivity index (χ3v) is 21.6. The average Bonchev–Trinajstić information content (AvgIpc) is 1.19. The van der Waals surface area contributed by atoms with Gasteiger partial charge in [0, 0.05) is 168 Å². The normalized spacial score (nSPS) is 10.6. The second-order valence-electron chi connectivity index (χ2n) is 32.4. The van der Waals surface area contributed by atoms with Crippen molar-refractivity contribution in [1.82, 2.24) is 116 Å². The zero-order chi connectivity index (χ0) is 98.7. The molecule has 0 unspecified atom stereocenters. The molecule has 0 aliphatic rings. The smallest absolute Gasteiger partial charge is 0.497 e. The largest absolute Gasteiger partial charge is 2.00 e. The molecule has 0 aliphatic carbocycles. The van der Waals surface area contributed by atoms with Crippen LogP contribution in [0.25, 0.3) is 75.6 Å². The number of imidazole rings is 8. The van der Waals surface area contributed by atoms with Crippen LogP contribution in [-0.4, -0.2) is 159 Å². The van der Waals surface area contributed by atoms with E-state index >= 15 is 0 Å². The molecule has 16 rings (SSSR count). The van der Waals surface area contributed by atoms with Crippen LogP contribution in [-0.2, 0) is 106 Å². The average molecular weight is 2580 g/mol. The first-order valence-corrected chi connectivity index (χ1v) is 40.6. The zero-order valence-electron chi connectivity index (χ0n) is 77.7. The number of ether oxygens (including phenoxy) is 2. The number of nitriles is 6. The van der Waals surface area contributed by atoms with Gasteiger partial charge in [-0.15, -0.1) is 0 Å². The van der Waals surface area contributed by atoms with E-state index < -0.39 is 21.7 Å². The molecule has 141 heavy (non-hydrogen) atoms. The van der Waals surface area contributed by atoms with Gasteiger partial charge in [0.15, 0.2) is 0 Å². The summed E-state index contributed by atoms with van der Waals surface area (Å²) in [4.78, 5) is 93.7. The van der Waals surface area contributed by atoms with E-state index in [1.54, 1.807) is 90.6 Å². The molecule has 0 saturated carbocycles. The number of nitrogens with zero attached hydrogens (tertiary/aromatic N) is 38. The van der Waals surface area contributed by atoms with Gasteiger partial charge in [-0.05, 0) is 149 Å². The number of hydrogen-bond acceptors (Lipinski definition) is 26. The van der Waals surface area contributed by atoms with Crippen molar-refractivity contribution in [3.8, 4) is 94.5 Å². The van der Waals surface area contributed by atoms with E-state index in [2.05, 4.69) is 133 Å². The topological polar surface area (TPSA) is 440 Å². The van der Waals surface area contributed by atoms with Crippen LogP contribution in [0.15, 0.2) is 128 Å². The Kier molecular flexibility index (Phi) is 34.4. The summed E-state index contributed by atoms with van der Waals surface area (Å²) in [6.45, 7) is 65.8. The molecule has 0 aromatic carbocycles. The monoisotopic (exact) mass is 2580 g/mol. The number of hydrogen-bond donors (Lipinski definition) is 0. The maximum atomic E-state index is 9.67. The third kappa shape index (κ3) is 22.1. The summed E-state index contributed by atoms with van der Waals surface area (Å²) in [5.74, 6) is 5.11. The minimum atomic E-state index is -0.783. The van der Waals surface area contributed by atoms with Crippen LogP contribution in [0.1, 0.15) is 152 Å². The molecule has 0 bridgehead atoms. The molecule has 0 spiro atoms. The van der Waals surface area contributed by atoms with Crippen LogP contribution in [0.3, 0.4) is 0 Å². The van der Waals surface area contributed by atoms with Crippen molar-refractivity contribution in [2.45, 2.75) is 97.8 Å². The minimum absolute atomic E-state index is 0. The quantitative estimate of drug-likeness (QED) is 0.0639. The van der Waals surface area contributed by atoms with E-state index in [1.165, 1.54) is 27.4 Å². The first kappa shape index (κ1) is 107. The maximum Gasteiger partial charge on any atom is 2.00 e. The Morgan fingerprint density at radius 2 is 0.596 bits per heavy atom. The van der Waals surface area contributed by atoms with Crippen molar-refractivity contribution < 1.29 is 93.7 Å². The number of methoxy groups -OCH3 is 2. The fourth-order valence-electron chi connectivity index (χ4n) is 13.7. The maximum absolute atomic E-state index is 9.67. The van der Waals surface area contributed by atoms with E-state index in [0.717, 1.165) is 39.5 Å². The Bertz CT molecular complexity index is 7620. The second-order valence-corrected chi connectivity index (χ2v) is 32.4. The number of pyridine rings is 8. The molecule has 16 aromatic rings. The molecule has 0 atom stereocenters. The number of aromatic nitrogens is 24. The van der Waals surface area contributed by atoms with Gasteiger partial charge in [0.1, 0.15) is 29.0 Å². The van der Waals surface area contributed by atoms with Crippen LogP contribution in [0, 0.1) is 179 Å². The minimum Gasteiger partial charge on any atom is -0.497 e. The molecule has 40 nitrogen and oxygen atoms in total. The van der Waals surface area contributed by atoms with Crippen LogP contribution >= 0.6 is 0 Å². The van der Waals surface area contributed by atoms with Crippen LogP contribution in [0.4, 0.5) is 46.3 Å². The second kappa shape index (κ2) is 45.1. The summed E-state index contributed by atoms with van der Waals surface area (Å²) in [6.07, 6.45) is 28.7. The van der Waals surface area contributed by atoms with Crippen LogP contribution in [0.2, 0.25) is 0 Å². The summed E-state index contributed by atoms with van der Waals surface area (Å²) in [5, 5.41) is 56.4. The molecular weight excluding hydrogens is 2510 g/mol. The molecule has 16 heterocycles.